The van der Waals surface area contributed by atoms with Crippen LogP contribution in [0.25, 0.3) is 0 Å². The Morgan fingerprint density at radius 1 is 1.29 bits per heavy atom. The zero-order valence-electron chi connectivity index (χ0n) is 8.45. The van der Waals surface area contributed by atoms with Gasteiger partial charge in [0.15, 0.2) is 0 Å². The molecule has 0 fully saturated rings. The topological polar surface area (TPSA) is 110 Å². The monoisotopic (exact) mass is 398 g/mol. The first-order valence-electron chi connectivity index (χ1n) is 3.80. The van der Waals surface area contributed by atoms with Crippen molar-refractivity contribution < 1.29 is 77.8 Å². The molecule has 0 saturated heterocycles. The molecular formula is C7H4IKO7S. The molecule has 2 rings (SSSR count). The predicted octanol–water partition coefficient (Wildman–Crippen LogP) is -2.27. The summed E-state index contributed by atoms with van der Waals surface area (Å²) in [6.45, 7) is 0. The van der Waals surface area contributed by atoms with Gasteiger partial charge in [-0.1, -0.05) is 0 Å². The second-order valence-corrected chi connectivity index (χ2v) is 8.76. The molecule has 0 amide bonds. The maximum Gasteiger partial charge on any atom is 1.00 e. The Hall–Kier alpha value is 0.726. The number of carbonyl (C=O) groups is 1. The summed E-state index contributed by atoms with van der Waals surface area (Å²) in [4.78, 5) is 11.2. The van der Waals surface area contributed by atoms with Crippen molar-refractivity contribution in [2.75, 3.05) is 0 Å². The van der Waals surface area contributed by atoms with E-state index in [0.29, 0.717) is 0 Å². The van der Waals surface area contributed by atoms with Crippen LogP contribution in [-0.4, -0.2) is 18.9 Å². The summed E-state index contributed by atoms with van der Waals surface area (Å²) in [5.41, 5.74) is -0.0439. The molecule has 1 aromatic rings. The molecule has 0 saturated carbocycles. The first-order chi connectivity index (χ1) is 7.32. The average Bonchev–Trinajstić information content (AvgIpc) is 2.37. The second kappa shape index (κ2) is 5.38. The normalized spacial score (nSPS) is 26.3. The van der Waals surface area contributed by atoms with Crippen molar-refractivity contribution in [1.29, 1.82) is 0 Å². The molecule has 1 aliphatic heterocycles. The van der Waals surface area contributed by atoms with E-state index in [2.05, 4.69) is 5.58 Å². The van der Waals surface area contributed by atoms with E-state index in [1.807, 2.05) is 0 Å². The van der Waals surface area contributed by atoms with E-state index in [1.54, 1.807) is 0 Å². The molecule has 88 valence electrons. The Bertz CT molecular complexity index is 610. The summed E-state index contributed by atoms with van der Waals surface area (Å²) >= 11 is -5.18. The summed E-state index contributed by atoms with van der Waals surface area (Å²) in [5.74, 6) is -0.953. The Balaban J connectivity index is 0.00000144. The molecule has 1 unspecified atom stereocenters. The molecule has 7 nitrogen and oxygen atoms in total. The minimum Gasteiger partial charge on any atom is 1.00 e. The molecular weight excluding hydrogens is 394 g/mol. The van der Waals surface area contributed by atoms with Crippen LogP contribution in [0.2, 0.25) is 0 Å². The zero-order valence-corrected chi connectivity index (χ0v) is 14.6. The molecule has 0 bridgehead atoms. The van der Waals surface area contributed by atoms with Gasteiger partial charge in [-0.25, -0.2) is 0 Å². The van der Waals surface area contributed by atoms with Gasteiger partial charge in [0.05, 0.1) is 0 Å². The Kier molecular flexibility index (Phi) is 5.00. The van der Waals surface area contributed by atoms with Gasteiger partial charge in [0.1, 0.15) is 0 Å². The smallest absolute Gasteiger partial charge is 1.00 e. The van der Waals surface area contributed by atoms with E-state index in [0.717, 1.165) is 0 Å². The van der Waals surface area contributed by atoms with Crippen molar-refractivity contribution in [2.24, 2.45) is 0 Å². The Morgan fingerprint density at radius 2 is 1.88 bits per heavy atom. The molecule has 17 heavy (non-hydrogen) atoms. The number of hydrogen-bond acceptors (Lipinski definition) is 7. The number of hydrogen-bond donors (Lipinski definition) is 0. The van der Waals surface area contributed by atoms with Crippen LogP contribution in [0.4, 0.5) is 0 Å². The second-order valence-electron chi connectivity index (χ2n) is 2.74. The number of halogens is 1. The summed E-state index contributed by atoms with van der Waals surface area (Å²) in [5, 5.41) is 0. The Labute approximate surface area is 144 Å². The van der Waals surface area contributed by atoms with Crippen LogP contribution < -0.4 is 51.4 Å². The molecule has 0 radical (unpaired) electrons. The Morgan fingerprint density at radius 3 is 2.47 bits per heavy atom. The molecule has 0 aliphatic carbocycles. The number of rotatable bonds is 2. The van der Waals surface area contributed by atoms with Crippen molar-refractivity contribution in [1.82, 2.24) is 0 Å². The average molecular weight is 398 g/mol. The molecule has 1 aromatic carbocycles. The predicted molar refractivity (Wildman–Crippen MR) is 56.0 cm³/mol. The minimum atomic E-state index is -5.19. The van der Waals surface area contributed by atoms with Gasteiger partial charge >= 0.3 is 147 Å². The van der Waals surface area contributed by atoms with Gasteiger partial charge in [-0.3, -0.25) is 0 Å². The van der Waals surface area contributed by atoms with Crippen molar-refractivity contribution in [2.45, 2.75) is 0 Å². The summed E-state index contributed by atoms with van der Waals surface area (Å²) < 4.78 is 51.1. The van der Waals surface area contributed by atoms with E-state index in [-0.39, 0.29) is 60.5 Å². The molecule has 0 N–H and O–H groups in total. The van der Waals surface area contributed by atoms with Crippen molar-refractivity contribution in [3.8, 4) is 0 Å². The van der Waals surface area contributed by atoms with Gasteiger partial charge in [0.2, 0.25) is 0 Å². The van der Waals surface area contributed by atoms with Crippen molar-refractivity contribution in [3.63, 3.8) is 0 Å². The molecule has 0 aromatic heterocycles. The summed E-state index contributed by atoms with van der Waals surface area (Å²) in [7, 11) is -5.19. The van der Waals surface area contributed by atoms with Gasteiger partial charge in [0.25, 0.3) is 0 Å². The van der Waals surface area contributed by atoms with E-state index in [4.69, 9.17) is 0 Å². The van der Waals surface area contributed by atoms with Gasteiger partial charge in [0, 0.05) is 0 Å². The zero-order chi connectivity index (χ0) is 12.0. The molecule has 0 spiro atoms. The third-order valence-corrected chi connectivity index (χ3v) is 8.08. The molecule has 1 aliphatic rings. The van der Waals surface area contributed by atoms with Crippen molar-refractivity contribution in [3.05, 3.63) is 33.4 Å². The fourth-order valence-corrected chi connectivity index (χ4v) is 6.75. The SMILES string of the molecule is O=C1OI(=O)(OS(=O)(=O)[O-])c2ccccc21.[K+]. The van der Waals surface area contributed by atoms with Gasteiger partial charge in [-0.2, -0.15) is 0 Å². The van der Waals surface area contributed by atoms with Gasteiger partial charge < -0.3 is 0 Å². The maximum absolute atomic E-state index is 11.9. The third kappa shape index (κ3) is 3.39. The first-order valence-corrected chi connectivity index (χ1v) is 8.86. The largest absolute Gasteiger partial charge is 1.00 e. The van der Waals surface area contributed by atoms with Crippen LogP contribution in [0, 0.1) is 3.57 Å². The fourth-order valence-electron chi connectivity index (χ4n) is 1.15. The standard InChI is InChI=1S/C7H5IO7S.K/c9-7-5-3-1-2-4-6(5)8(10,14-7)15-16(11,12)13;/h1-4H,(H,11,12,13);/q;+1/p-1. The molecule has 10 heteroatoms. The summed E-state index contributed by atoms with van der Waals surface area (Å²) in [6, 6.07) is 5.45. The van der Waals surface area contributed by atoms with E-state index >= 15 is 0 Å². The minimum absolute atomic E-state index is 0. The van der Waals surface area contributed by atoms with Crippen LogP contribution in [0.3, 0.4) is 0 Å². The number of carbonyl (C=O) groups excluding carboxylic acids is 1. The third-order valence-electron chi connectivity index (χ3n) is 1.67. The number of benzene rings is 1. The fraction of sp³-hybridized carbons (Fsp3) is 0. The van der Waals surface area contributed by atoms with Crippen LogP contribution in [0.15, 0.2) is 24.3 Å². The molecule has 1 heterocycles. The summed E-state index contributed by atoms with van der Waals surface area (Å²) in [6.07, 6.45) is 0. The molecule has 1 atom stereocenters. The maximum atomic E-state index is 11.9. The van der Waals surface area contributed by atoms with Crippen LogP contribution in [0.1, 0.15) is 10.4 Å². The quantitative estimate of drug-likeness (QED) is 0.239. The van der Waals surface area contributed by atoms with E-state index < -0.39 is 35.6 Å². The van der Waals surface area contributed by atoms with Gasteiger partial charge in [-0.15, -0.1) is 0 Å². The van der Waals surface area contributed by atoms with Gasteiger partial charge in [-0.05, 0) is 0 Å². The number of fused-ring (bicyclic) bond motifs is 1. The van der Waals surface area contributed by atoms with Crippen molar-refractivity contribution >= 4 is 35.6 Å². The first kappa shape index (κ1) is 15.8. The van der Waals surface area contributed by atoms with Crippen LogP contribution in [-0.2, 0) is 19.0 Å². The van der Waals surface area contributed by atoms with E-state index in [9.17, 15) is 20.8 Å². The van der Waals surface area contributed by atoms with Crippen LogP contribution in [0.5, 0.6) is 0 Å². The van der Waals surface area contributed by atoms with E-state index in [1.165, 1.54) is 24.3 Å². The van der Waals surface area contributed by atoms with Crippen LogP contribution >= 0.6 is 19.3 Å².